The fraction of sp³-hybridized carbons (Fsp3) is 0.0476. The average molecular weight is 268 g/mol. The lowest BCUT2D eigenvalue weighted by Crippen LogP contribution is -1.85. The van der Waals surface area contributed by atoms with E-state index in [2.05, 4.69) is 85.8 Å². The van der Waals surface area contributed by atoms with Gasteiger partial charge in [-0.05, 0) is 45.7 Å². The van der Waals surface area contributed by atoms with Crippen molar-refractivity contribution in [2.45, 2.75) is 6.92 Å². The van der Waals surface area contributed by atoms with Crippen LogP contribution in [0.25, 0.3) is 32.7 Å². The van der Waals surface area contributed by atoms with E-state index in [9.17, 15) is 0 Å². The highest BCUT2D eigenvalue weighted by Crippen LogP contribution is 2.34. The highest BCUT2D eigenvalue weighted by Gasteiger charge is 2.07. The molecule has 0 heteroatoms. The quantitative estimate of drug-likeness (QED) is 0.373. The molecule has 0 aromatic heterocycles. The summed E-state index contributed by atoms with van der Waals surface area (Å²) < 4.78 is 0. The predicted molar refractivity (Wildman–Crippen MR) is 91.6 cm³/mol. The molecule has 4 rings (SSSR count). The Kier molecular flexibility index (Phi) is 2.75. The van der Waals surface area contributed by atoms with E-state index in [1.165, 1.54) is 38.2 Å². The van der Waals surface area contributed by atoms with Gasteiger partial charge in [-0.1, -0.05) is 78.4 Å². The molecule has 0 amide bonds. The molecule has 0 radical (unpaired) electrons. The lowest BCUT2D eigenvalue weighted by atomic mass is 9.93. The lowest BCUT2D eigenvalue weighted by molar-refractivity contribution is 1.51. The highest BCUT2D eigenvalue weighted by molar-refractivity contribution is 6.13. The first-order valence-electron chi connectivity index (χ1n) is 7.30. The maximum atomic E-state index is 2.32. The van der Waals surface area contributed by atoms with Crippen LogP contribution in [0.5, 0.6) is 0 Å². The molecule has 0 aliphatic rings. The van der Waals surface area contributed by atoms with Gasteiger partial charge in [0.05, 0.1) is 0 Å². The first-order chi connectivity index (χ1) is 10.3. The van der Waals surface area contributed by atoms with Crippen molar-refractivity contribution in [1.29, 1.82) is 0 Å². The maximum absolute atomic E-state index is 2.32. The number of fused-ring (bicyclic) bond motifs is 3. The number of rotatable bonds is 1. The van der Waals surface area contributed by atoms with Gasteiger partial charge in [0.1, 0.15) is 0 Å². The van der Waals surface area contributed by atoms with E-state index in [0.717, 1.165) is 0 Å². The van der Waals surface area contributed by atoms with Crippen LogP contribution in [0.3, 0.4) is 0 Å². The Morgan fingerprint density at radius 2 is 1.29 bits per heavy atom. The number of hydrogen-bond acceptors (Lipinski definition) is 0. The van der Waals surface area contributed by atoms with E-state index in [4.69, 9.17) is 0 Å². The summed E-state index contributed by atoms with van der Waals surface area (Å²) in [5, 5.41) is 5.29. The molecule has 0 saturated heterocycles. The van der Waals surface area contributed by atoms with Gasteiger partial charge in [-0.15, -0.1) is 0 Å². The van der Waals surface area contributed by atoms with Crippen LogP contribution in [0.4, 0.5) is 0 Å². The molecule has 100 valence electrons. The van der Waals surface area contributed by atoms with Gasteiger partial charge in [-0.3, -0.25) is 0 Å². The lowest BCUT2D eigenvalue weighted by Gasteiger charge is -2.11. The summed E-state index contributed by atoms with van der Waals surface area (Å²) in [6, 6.07) is 28.3. The third-order valence-corrected chi connectivity index (χ3v) is 4.10. The Labute approximate surface area is 124 Å². The van der Waals surface area contributed by atoms with Crippen molar-refractivity contribution in [2.75, 3.05) is 0 Å². The van der Waals surface area contributed by atoms with Crippen molar-refractivity contribution in [1.82, 2.24) is 0 Å². The van der Waals surface area contributed by atoms with Crippen molar-refractivity contribution in [3.05, 3.63) is 84.4 Å². The Morgan fingerprint density at radius 3 is 2.10 bits per heavy atom. The zero-order chi connectivity index (χ0) is 14.2. The van der Waals surface area contributed by atoms with E-state index < -0.39 is 0 Å². The molecule has 0 nitrogen and oxygen atoms in total. The molecule has 0 N–H and O–H groups in total. The van der Waals surface area contributed by atoms with E-state index in [1.54, 1.807) is 0 Å². The predicted octanol–water partition coefficient (Wildman–Crippen LogP) is 5.97. The van der Waals surface area contributed by atoms with E-state index in [1.807, 2.05) is 0 Å². The van der Waals surface area contributed by atoms with Crippen LogP contribution in [0.1, 0.15) is 5.56 Å². The number of hydrogen-bond donors (Lipinski definition) is 0. The molecule has 0 bridgehead atoms. The fourth-order valence-electron chi connectivity index (χ4n) is 3.09. The van der Waals surface area contributed by atoms with Crippen molar-refractivity contribution < 1.29 is 0 Å². The standard InChI is InChI=1S/C21H16/c1-15-11-12-18-17(13-15)14-21(16-7-3-2-4-8-16)20-10-6-5-9-19(18)20/h2-14H,1H3. The summed E-state index contributed by atoms with van der Waals surface area (Å²) in [4.78, 5) is 0. The molecule has 0 saturated carbocycles. The van der Waals surface area contributed by atoms with Crippen LogP contribution >= 0.6 is 0 Å². The normalized spacial score (nSPS) is 11.1. The smallest absolute Gasteiger partial charge is 0.00990 e. The minimum Gasteiger partial charge on any atom is -0.0622 e. The molecule has 0 atom stereocenters. The second-order valence-electron chi connectivity index (χ2n) is 5.56. The van der Waals surface area contributed by atoms with Gasteiger partial charge in [-0.2, -0.15) is 0 Å². The third kappa shape index (κ3) is 2.00. The SMILES string of the molecule is Cc1ccc2c(c1)cc(-c1ccccc1)c1ccccc12. The molecule has 4 aromatic carbocycles. The Bertz CT molecular complexity index is 934. The largest absolute Gasteiger partial charge is 0.0622 e. The van der Waals surface area contributed by atoms with Gasteiger partial charge < -0.3 is 0 Å². The molecule has 0 unspecified atom stereocenters. The minimum absolute atomic E-state index is 1.28. The fourth-order valence-corrected chi connectivity index (χ4v) is 3.09. The van der Waals surface area contributed by atoms with Crippen LogP contribution in [-0.2, 0) is 0 Å². The molecule has 0 fully saturated rings. The summed E-state index contributed by atoms with van der Waals surface area (Å²) in [5.74, 6) is 0. The average Bonchev–Trinajstić information content (AvgIpc) is 2.54. The first kappa shape index (κ1) is 12.2. The molecule has 21 heavy (non-hydrogen) atoms. The molecule has 0 spiro atoms. The van der Waals surface area contributed by atoms with Crippen molar-refractivity contribution in [3.8, 4) is 11.1 Å². The Balaban J connectivity index is 2.18. The van der Waals surface area contributed by atoms with Crippen LogP contribution < -0.4 is 0 Å². The third-order valence-electron chi connectivity index (χ3n) is 4.10. The Hall–Kier alpha value is -2.60. The zero-order valence-electron chi connectivity index (χ0n) is 12.0. The van der Waals surface area contributed by atoms with Crippen LogP contribution in [0, 0.1) is 6.92 Å². The van der Waals surface area contributed by atoms with Crippen LogP contribution in [0.15, 0.2) is 78.9 Å². The molecule has 0 aliphatic carbocycles. The minimum atomic E-state index is 1.28. The summed E-state index contributed by atoms with van der Waals surface area (Å²) in [6.45, 7) is 2.15. The molecular formula is C21H16. The van der Waals surface area contributed by atoms with Crippen LogP contribution in [0.2, 0.25) is 0 Å². The molecule has 0 aliphatic heterocycles. The van der Waals surface area contributed by atoms with Gasteiger partial charge in [0, 0.05) is 0 Å². The number of benzene rings is 4. The summed E-state index contributed by atoms with van der Waals surface area (Å²) in [6.07, 6.45) is 0. The molecular weight excluding hydrogens is 252 g/mol. The van der Waals surface area contributed by atoms with Crippen molar-refractivity contribution >= 4 is 21.5 Å². The second kappa shape index (κ2) is 4.75. The highest BCUT2D eigenvalue weighted by atomic mass is 14.1. The van der Waals surface area contributed by atoms with Crippen molar-refractivity contribution in [2.24, 2.45) is 0 Å². The van der Waals surface area contributed by atoms with E-state index in [0.29, 0.717) is 0 Å². The van der Waals surface area contributed by atoms with Gasteiger partial charge in [0.15, 0.2) is 0 Å². The maximum Gasteiger partial charge on any atom is -0.00990 e. The second-order valence-corrected chi connectivity index (χ2v) is 5.56. The topological polar surface area (TPSA) is 0 Å². The summed E-state index contributed by atoms with van der Waals surface area (Å²) in [5.41, 5.74) is 3.89. The number of aryl methyl sites for hydroxylation is 1. The Morgan fingerprint density at radius 1 is 0.571 bits per heavy atom. The molecule has 0 heterocycles. The van der Waals surface area contributed by atoms with Gasteiger partial charge in [0.2, 0.25) is 0 Å². The van der Waals surface area contributed by atoms with E-state index >= 15 is 0 Å². The van der Waals surface area contributed by atoms with Gasteiger partial charge in [0.25, 0.3) is 0 Å². The summed E-state index contributed by atoms with van der Waals surface area (Å²) >= 11 is 0. The first-order valence-corrected chi connectivity index (χ1v) is 7.30. The zero-order valence-corrected chi connectivity index (χ0v) is 12.0. The van der Waals surface area contributed by atoms with Crippen molar-refractivity contribution in [3.63, 3.8) is 0 Å². The molecule has 4 aromatic rings. The summed E-state index contributed by atoms with van der Waals surface area (Å²) in [7, 11) is 0. The van der Waals surface area contributed by atoms with E-state index in [-0.39, 0.29) is 0 Å². The van der Waals surface area contributed by atoms with Gasteiger partial charge in [-0.25, -0.2) is 0 Å². The van der Waals surface area contributed by atoms with Crippen LogP contribution in [-0.4, -0.2) is 0 Å². The monoisotopic (exact) mass is 268 g/mol. The van der Waals surface area contributed by atoms with Gasteiger partial charge >= 0.3 is 0 Å².